The van der Waals surface area contributed by atoms with E-state index >= 15 is 0 Å². The average Bonchev–Trinajstić information content (AvgIpc) is 2.81. The van der Waals surface area contributed by atoms with E-state index in [1.165, 1.54) is 4.88 Å². The monoisotopic (exact) mass is 346 g/mol. The molecule has 0 bridgehead atoms. The number of carbonyl (C=O) groups is 1. The minimum atomic E-state index is -0.473. The molecule has 1 rings (SSSR count). The number of hydrogen-bond acceptors (Lipinski definition) is 4. The molecule has 6 heteroatoms. The lowest BCUT2D eigenvalue weighted by atomic mass is 10.1. The number of rotatable bonds is 7. The molecule has 0 saturated carbocycles. The summed E-state index contributed by atoms with van der Waals surface area (Å²) in [5.41, 5.74) is -0.473. The van der Waals surface area contributed by atoms with Crippen molar-refractivity contribution in [2.45, 2.75) is 65.1 Å². The van der Waals surface area contributed by atoms with Gasteiger partial charge in [-0.2, -0.15) is 0 Å². The van der Waals surface area contributed by atoms with Gasteiger partial charge in [-0.25, -0.2) is 4.79 Å². The van der Waals surface area contributed by atoms with E-state index < -0.39 is 5.60 Å². The Morgan fingerprint density at radius 1 is 1.41 bits per heavy atom. The maximum absolute atomic E-state index is 11.7. The largest absolute Gasteiger partial charge is 0.444 e. The predicted octanol–water partition coefficient (Wildman–Crippen LogP) is 4.75. The smallest absolute Gasteiger partial charge is 0.407 e. The van der Waals surface area contributed by atoms with Crippen LogP contribution in [0.5, 0.6) is 0 Å². The van der Waals surface area contributed by atoms with E-state index in [0.29, 0.717) is 6.54 Å². The molecule has 1 amide bonds. The Bertz CT molecular complexity index is 471. The number of halogens is 1. The molecule has 126 valence electrons. The van der Waals surface area contributed by atoms with Gasteiger partial charge in [-0.3, -0.25) is 0 Å². The molecule has 2 N–H and O–H groups in total. The van der Waals surface area contributed by atoms with Crippen LogP contribution >= 0.6 is 22.9 Å². The third-order valence-electron chi connectivity index (χ3n) is 3.04. The minimum Gasteiger partial charge on any atom is -0.444 e. The second-order valence-corrected chi connectivity index (χ2v) is 8.15. The number of ether oxygens (including phenoxy) is 1. The fourth-order valence-electron chi connectivity index (χ4n) is 2.11. The lowest BCUT2D eigenvalue weighted by molar-refractivity contribution is 0.0521. The molecular formula is C16H27ClN2O2S. The Labute approximate surface area is 142 Å². The molecule has 0 aromatic carbocycles. The molecule has 4 nitrogen and oxygen atoms in total. The van der Waals surface area contributed by atoms with Gasteiger partial charge in [-0.15, -0.1) is 11.3 Å². The second-order valence-electron chi connectivity index (χ2n) is 6.40. The van der Waals surface area contributed by atoms with Gasteiger partial charge in [0, 0.05) is 23.5 Å². The molecule has 0 saturated heterocycles. The normalized spacial score (nSPS) is 14.5. The molecule has 2 atom stereocenters. The number of alkyl carbamates (subject to hydrolysis) is 1. The highest BCUT2D eigenvalue weighted by Gasteiger charge is 2.18. The van der Waals surface area contributed by atoms with Crippen LogP contribution in [0.15, 0.2) is 12.1 Å². The summed E-state index contributed by atoms with van der Waals surface area (Å²) in [4.78, 5) is 12.9. The van der Waals surface area contributed by atoms with Gasteiger partial charge in [0.15, 0.2) is 0 Å². The van der Waals surface area contributed by atoms with Gasteiger partial charge in [0.25, 0.3) is 0 Å². The van der Waals surface area contributed by atoms with Crippen LogP contribution in [0.25, 0.3) is 0 Å². The van der Waals surface area contributed by atoms with Crippen molar-refractivity contribution in [2.24, 2.45) is 0 Å². The lowest BCUT2D eigenvalue weighted by Gasteiger charge is -2.24. The van der Waals surface area contributed by atoms with Gasteiger partial charge < -0.3 is 15.4 Å². The van der Waals surface area contributed by atoms with E-state index in [9.17, 15) is 4.79 Å². The number of hydrogen-bond donors (Lipinski definition) is 2. The average molecular weight is 347 g/mol. The van der Waals surface area contributed by atoms with E-state index in [4.69, 9.17) is 16.3 Å². The van der Waals surface area contributed by atoms with Crippen molar-refractivity contribution in [2.75, 3.05) is 6.54 Å². The quantitative estimate of drug-likeness (QED) is 0.749. The van der Waals surface area contributed by atoms with Gasteiger partial charge in [-0.1, -0.05) is 24.9 Å². The first kappa shape index (κ1) is 19.3. The summed E-state index contributed by atoms with van der Waals surface area (Å²) in [5.74, 6) is 0. The first-order chi connectivity index (χ1) is 10.2. The molecule has 22 heavy (non-hydrogen) atoms. The van der Waals surface area contributed by atoms with Crippen LogP contribution in [0.2, 0.25) is 4.34 Å². The van der Waals surface area contributed by atoms with Crippen molar-refractivity contribution < 1.29 is 9.53 Å². The molecule has 0 radical (unpaired) electrons. The number of nitrogens with one attached hydrogen (secondary N) is 2. The summed E-state index contributed by atoms with van der Waals surface area (Å²) in [6.45, 7) is 10.4. The van der Waals surface area contributed by atoms with Crippen LogP contribution in [0, 0.1) is 0 Å². The summed E-state index contributed by atoms with van der Waals surface area (Å²) in [7, 11) is 0. The molecular weight excluding hydrogens is 320 g/mol. The van der Waals surface area contributed by atoms with Crippen molar-refractivity contribution in [1.82, 2.24) is 10.6 Å². The van der Waals surface area contributed by atoms with Gasteiger partial charge in [-0.05, 0) is 46.2 Å². The Hall–Kier alpha value is -0.780. The van der Waals surface area contributed by atoms with Crippen LogP contribution in [-0.2, 0) is 4.74 Å². The summed E-state index contributed by atoms with van der Waals surface area (Å²) >= 11 is 7.56. The van der Waals surface area contributed by atoms with Gasteiger partial charge in [0.1, 0.15) is 5.60 Å². The zero-order chi connectivity index (χ0) is 16.8. The summed E-state index contributed by atoms with van der Waals surface area (Å²) in [6, 6.07) is 4.35. The highest BCUT2D eigenvalue weighted by molar-refractivity contribution is 7.16. The van der Waals surface area contributed by atoms with Crippen molar-refractivity contribution in [3.8, 4) is 0 Å². The Balaban J connectivity index is 2.49. The highest BCUT2D eigenvalue weighted by atomic mass is 35.5. The molecule has 1 aromatic heterocycles. The van der Waals surface area contributed by atoms with Crippen LogP contribution in [0.3, 0.4) is 0 Å². The second kappa shape index (κ2) is 8.75. The number of carbonyl (C=O) groups excluding carboxylic acids is 1. The van der Waals surface area contributed by atoms with Crippen molar-refractivity contribution >= 4 is 29.0 Å². The molecule has 1 aromatic rings. The molecule has 0 fully saturated rings. The molecule has 0 aliphatic heterocycles. The lowest BCUT2D eigenvalue weighted by Crippen LogP contribution is -2.43. The fourth-order valence-corrected chi connectivity index (χ4v) is 3.18. The zero-order valence-electron chi connectivity index (χ0n) is 14.0. The zero-order valence-corrected chi connectivity index (χ0v) is 15.6. The fraction of sp³-hybridized carbons (Fsp3) is 0.688. The number of amides is 1. The maximum atomic E-state index is 11.7. The topological polar surface area (TPSA) is 50.4 Å². The van der Waals surface area contributed by atoms with Crippen LogP contribution < -0.4 is 10.6 Å². The van der Waals surface area contributed by atoms with Crippen molar-refractivity contribution in [1.29, 1.82) is 0 Å². The standard InChI is InChI=1S/C16H27ClN2O2S/c1-6-7-12(10-18-15(20)21-16(3,4)5)19-11(2)13-8-9-14(17)22-13/h8-9,11-12,19H,6-7,10H2,1-5H3,(H,18,20). The summed E-state index contributed by atoms with van der Waals surface area (Å²) in [5, 5.41) is 6.39. The highest BCUT2D eigenvalue weighted by Crippen LogP contribution is 2.27. The SMILES string of the molecule is CCCC(CNC(=O)OC(C)(C)C)NC(C)c1ccc(Cl)s1. The molecule has 0 aliphatic rings. The van der Waals surface area contributed by atoms with Crippen molar-refractivity contribution in [3.63, 3.8) is 0 Å². The van der Waals surface area contributed by atoms with Gasteiger partial charge in [0.05, 0.1) is 4.34 Å². The first-order valence-corrected chi connectivity index (χ1v) is 8.89. The van der Waals surface area contributed by atoms with E-state index in [0.717, 1.165) is 17.2 Å². The molecule has 2 unspecified atom stereocenters. The molecule has 0 spiro atoms. The minimum absolute atomic E-state index is 0.202. The summed E-state index contributed by atoms with van der Waals surface area (Å²) < 4.78 is 6.06. The third kappa shape index (κ3) is 7.47. The molecule has 1 heterocycles. The third-order valence-corrected chi connectivity index (χ3v) is 4.45. The van der Waals surface area contributed by atoms with E-state index in [-0.39, 0.29) is 18.2 Å². The van der Waals surface area contributed by atoms with Crippen molar-refractivity contribution in [3.05, 3.63) is 21.3 Å². The molecule has 0 aliphatic carbocycles. The predicted molar refractivity (Wildman–Crippen MR) is 93.8 cm³/mol. The maximum Gasteiger partial charge on any atom is 0.407 e. The summed E-state index contributed by atoms with van der Waals surface area (Å²) in [6.07, 6.45) is 1.66. The van der Waals surface area contributed by atoms with Crippen LogP contribution in [-0.4, -0.2) is 24.3 Å². The Morgan fingerprint density at radius 2 is 2.09 bits per heavy atom. The van der Waals surface area contributed by atoms with Crippen LogP contribution in [0.4, 0.5) is 4.79 Å². The van der Waals surface area contributed by atoms with E-state index in [2.05, 4.69) is 24.5 Å². The van der Waals surface area contributed by atoms with Gasteiger partial charge in [0.2, 0.25) is 0 Å². The Morgan fingerprint density at radius 3 is 2.59 bits per heavy atom. The Kier molecular flexibility index (Phi) is 7.66. The van der Waals surface area contributed by atoms with Gasteiger partial charge >= 0.3 is 6.09 Å². The van der Waals surface area contributed by atoms with E-state index in [1.807, 2.05) is 32.9 Å². The first-order valence-electron chi connectivity index (χ1n) is 7.69. The number of thiophene rings is 1. The van der Waals surface area contributed by atoms with E-state index in [1.54, 1.807) is 11.3 Å². The van der Waals surface area contributed by atoms with Crippen LogP contribution in [0.1, 0.15) is 58.4 Å².